The van der Waals surface area contributed by atoms with Crippen molar-refractivity contribution in [3.8, 4) is 5.75 Å². The summed E-state index contributed by atoms with van der Waals surface area (Å²) in [6.45, 7) is 4.33. The zero-order chi connectivity index (χ0) is 12.2. The molecule has 0 fully saturated rings. The second-order valence-corrected chi connectivity index (χ2v) is 3.47. The third kappa shape index (κ3) is 6.35. The highest BCUT2D eigenvalue weighted by atomic mass is 32.2. The Bertz CT molecular complexity index is 272. The molecule has 0 amide bonds. The summed E-state index contributed by atoms with van der Waals surface area (Å²) in [4.78, 5) is 9.83. The lowest BCUT2D eigenvalue weighted by Gasteiger charge is -2.04. The average Bonchev–Trinajstić information content (AvgIpc) is 2.35. The van der Waals surface area contributed by atoms with Crippen LogP contribution in [0.25, 0.3) is 0 Å². The summed E-state index contributed by atoms with van der Waals surface area (Å²) in [5.74, 6) is 1.70. The lowest BCUT2D eigenvalue weighted by Crippen LogP contribution is -2.00. The van der Waals surface area contributed by atoms with Crippen molar-refractivity contribution in [3.63, 3.8) is 0 Å². The number of carbonyl (C=O) groups is 1. The maximum atomic E-state index is 9.83. The van der Waals surface area contributed by atoms with Gasteiger partial charge in [-0.05, 0) is 24.0 Å². The van der Waals surface area contributed by atoms with Gasteiger partial charge in [-0.25, -0.2) is 0 Å². The van der Waals surface area contributed by atoms with Gasteiger partial charge >= 0.3 is 0 Å². The van der Waals surface area contributed by atoms with Gasteiger partial charge in [0.1, 0.15) is 5.75 Å². The zero-order valence-electron chi connectivity index (χ0n) is 9.93. The third-order valence-corrected chi connectivity index (χ3v) is 2.22. The first-order valence-corrected chi connectivity index (χ1v) is 6.52. The molecule has 90 valence electrons. The Kier molecular flexibility index (Phi) is 9.61. The highest BCUT2D eigenvalue weighted by Gasteiger charge is 1.94. The van der Waals surface area contributed by atoms with Gasteiger partial charge in [-0.1, -0.05) is 26.0 Å². The molecule has 4 heteroatoms. The number of benzene rings is 1. The molecule has 0 aliphatic heterocycles. The van der Waals surface area contributed by atoms with Crippen LogP contribution in [0.4, 0.5) is 0 Å². The quantitative estimate of drug-likeness (QED) is 0.436. The van der Waals surface area contributed by atoms with Crippen molar-refractivity contribution in [1.29, 1.82) is 0 Å². The molecule has 16 heavy (non-hydrogen) atoms. The van der Waals surface area contributed by atoms with E-state index in [1.54, 1.807) is 11.8 Å². The maximum Gasteiger partial charge on any atom is 0.295 e. The van der Waals surface area contributed by atoms with Crippen LogP contribution in [-0.2, 0) is 15.3 Å². The van der Waals surface area contributed by atoms with Crippen LogP contribution in [0.1, 0.15) is 19.4 Å². The number of rotatable bonds is 6. The Morgan fingerprint density at radius 3 is 2.38 bits per heavy atom. The summed E-state index contributed by atoms with van der Waals surface area (Å²) in [7, 11) is 0. The fourth-order valence-electron chi connectivity index (χ4n) is 0.978. The largest absolute Gasteiger partial charge is 0.457 e. The summed E-state index contributed by atoms with van der Waals surface area (Å²) >= 11 is 1.77. The minimum absolute atomic E-state index is 0.0363. The summed E-state index contributed by atoms with van der Waals surface area (Å²) in [6.07, 6.45) is 2.06. The fraction of sp³-hybridized carbons (Fsp3) is 0.417. The highest BCUT2D eigenvalue weighted by molar-refractivity contribution is 7.97. The second kappa shape index (κ2) is 10.4. The average molecular weight is 242 g/mol. The molecule has 1 rings (SSSR count). The Balaban J connectivity index is 0.00000106. The van der Waals surface area contributed by atoms with Crippen molar-refractivity contribution >= 4 is 18.2 Å². The summed E-state index contributed by atoms with van der Waals surface area (Å²) in [6, 6.07) is 7.71. The molecule has 0 bridgehead atoms. The standard InChI is InChI=1S/C10H12O3S.C2H6/c1-14-6-9-2-4-10(5-3-9)13-8-12-7-11;1-2/h2-5,7H,6,8H2,1H3;1-2H3. The number of hydrogen-bond donors (Lipinski definition) is 0. The van der Waals surface area contributed by atoms with E-state index in [0.717, 1.165) is 5.75 Å². The number of thioether (sulfide) groups is 1. The van der Waals surface area contributed by atoms with Gasteiger partial charge in [-0.2, -0.15) is 11.8 Å². The molecule has 0 spiro atoms. The Labute approximate surface area is 101 Å². The zero-order valence-corrected chi connectivity index (χ0v) is 10.8. The minimum atomic E-state index is -0.0363. The molecular formula is C12H18O3S. The van der Waals surface area contributed by atoms with E-state index in [0.29, 0.717) is 12.2 Å². The minimum Gasteiger partial charge on any atom is -0.457 e. The SMILES string of the molecule is CC.CSCc1ccc(OCOC=O)cc1. The Hall–Kier alpha value is -1.16. The molecule has 0 radical (unpaired) electrons. The van der Waals surface area contributed by atoms with E-state index >= 15 is 0 Å². The molecule has 0 aromatic heterocycles. The fourth-order valence-corrected chi connectivity index (χ4v) is 1.50. The van der Waals surface area contributed by atoms with Crippen molar-refractivity contribution in [3.05, 3.63) is 29.8 Å². The molecule has 1 aromatic rings. The lowest BCUT2D eigenvalue weighted by molar-refractivity contribution is -0.134. The van der Waals surface area contributed by atoms with Gasteiger partial charge in [0.25, 0.3) is 6.47 Å². The molecule has 1 aromatic carbocycles. The number of carbonyl (C=O) groups excluding carboxylic acids is 1. The van der Waals surface area contributed by atoms with Crippen LogP contribution in [0, 0.1) is 0 Å². The van der Waals surface area contributed by atoms with Crippen LogP contribution in [0.5, 0.6) is 5.75 Å². The molecule has 0 heterocycles. The molecule has 0 saturated heterocycles. The van der Waals surface area contributed by atoms with Crippen molar-refractivity contribution < 1.29 is 14.3 Å². The van der Waals surface area contributed by atoms with Crippen LogP contribution in [0.15, 0.2) is 24.3 Å². The van der Waals surface area contributed by atoms with Gasteiger partial charge in [0.15, 0.2) is 0 Å². The van der Waals surface area contributed by atoms with E-state index in [2.05, 4.69) is 11.0 Å². The monoisotopic (exact) mass is 242 g/mol. The molecular weight excluding hydrogens is 224 g/mol. The summed E-state index contributed by atoms with van der Waals surface area (Å²) < 4.78 is 9.53. The molecule has 0 aliphatic carbocycles. The normalized spacial score (nSPS) is 8.69. The van der Waals surface area contributed by atoms with Crippen molar-refractivity contribution in [2.75, 3.05) is 13.0 Å². The van der Waals surface area contributed by atoms with E-state index < -0.39 is 0 Å². The summed E-state index contributed by atoms with van der Waals surface area (Å²) in [5.41, 5.74) is 1.25. The van der Waals surface area contributed by atoms with Crippen LogP contribution in [0.3, 0.4) is 0 Å². The van der Waals surface area contributed by atoms with E-state index in [4.69, 9.17) is 4.74 Å². The lowest BCUT2D eigenvalue weighted by atomic mass is 10.2. The van der Waals surface area contributed by atoms with Gasteiger partial charge in [0, 0.05) is 5.75 Å². The first-order chi connectivity index (χ1) is 7.86. The second-order valence-electron chi connectivity index (χ2n) is 2.60. The highest BCUT2D eigenvalue weighted by Crippen LogP contribution is 2.15. The van der Waals surface area contributed by atoms with Crippen LogP contribution < -0.4 is 4.74 Å². The van der Waals surface area contributed by atoms with Gasteiger partial charge in [0.2, 0.25) is 6.79 Å². The smallest absolute Gasteiger partial charge is 0.295 e. The van der Waals surface area contributed by atoms with Gasteiger partial charge < -0.3 is 9.47 Å². The van der Waals surface area contributed by atoms with E-state index in [1.165, 1.54) is 5.56 Å². The van der Waals surface area contributed by atoms with E-state index in [9.17, 15) is 4.79 Å². The predicted molar refractivity (Wildman–Crippen MR) is 67.7 cm³/mol. The van der Waals surface area contributed by atoms with Gasteiger partial charge in [0.05, 0.1) is 0 Å². The molecule has 0 unspecified atom stereocenters. The Morgan fingerprint density at radius 2 is 1.88 bits per heavy atom. The van der Waals surface area contributed by atoms with Crippen LogP contribution >= 0.6 is 11.8 Å². The number of ether oxygens (including phenoxy) is 2. The van der Waals surface area contributed by atoms with Crippen LogP contribution in [-0.4, -0.2) is 19.5 Å². The maximum absolute atomic E-state index is 9.83. The molecule has 0 N–H and O–H groups in total. The third-order valence-electron chi connectivity index (χ3n) is 1.60. The molecule has 0 aliphatic rings. The first-order valence-electron chi connectivity index (χ1n) is 5.12. The predicted octanol–water partition coefficient (Wildman–Crippen LogP) is 3.09. The van der Waals surface area contributed by atoms with Crippen molar-refractivity contribution in [2.45, 2.75) is 19.6 Å². The topological polar surface area (TPSA) is 35.5 Å². The van der Waals surface area contributed by atoms with Crippen molar-refractivity contribution in [2.24, 2.45) is 0 Å². The van der Waals surface area contributed by atoms with Crippen molar-refractivity contribution in [1.82, 2.24) is 0 Å². The van der Waals surface area contributed by atoms with Gasteiger partial charge in [-0.3, -0.25) is 4.79 Å². The molecule has 0 saturated carbocycles. The number of hydrogen-bond acceptors (Lipinski definition) is 4. The molecule has 3 nitrogen and oxygen atoms in total. The van der Waals surface area contributed by atoms with Gasteiger partial charge in [-0.15, -0.1) is 0 Å². The summed E-state index contributed by atoms with van der Waals surface area (Å²) in [5, 5.41) is 0. The first kappa shape index (κ1) is 14.8. The van der Waals surface area contributed by atoms with Crippen LogP contribution in [0.2, 0.25) is 0 Å². The Morgan fingerprint density at radius 1 is 1.25 bits per heavy atom. The van der Waals surface area contributed by atoms with E-state index in [-0.39, 0.29) is 6.79 Å². The molecule has 0 atom stereocenters. The van der Waals surface area contributed by atoms with E-state index in [1.807, 2.05) is 38.1 Å².